The van der Waals surface area contributed by atoms with Gasteiger partial charge in [-0.25, -0.2) is 0 Å². The van der Waals surface area contributed by atoms with Gasteiger partial charge in [0, 0.05) is 25.2 Å². The van der Waals surface area contributed by atoms with Crippen LogP contribution in [0, 0.1) is 0 Å². The van der Waals surface area contributed by atoms with Crippen LogP contribution >= 0.6 is 0 Å². The van der Waals surface area contributed by atoms with Crippen LogP contribution in [0.5, 0.6) is 0 Å². The van der Waals surface area contributed by atoms with E-state index in [2.05, 4.69) is 17.1 Å². The van der Waals surface area contributed by atoms with Gasteiger partial charge in [-0.3, -0.25) is 9.69 Å². The maximum Gasteiger partial charge on any atom is 0.234 e. The Kier molecular flexibility index (Phi) is 4.35. The molecule has 3 N–H and O–H groups in total. The summed E-state index contributed by atoms with van der Waals surface area (Å²) in [5.74, 6) is 0.119. The van der Waals surface area contributed by atoms with Crippen LogP contribution in [-0.4, -0.2) is 42.5 Å². The monoisotopic (exact) mass is 199 g/mol. The number of hydrogen-bond donors (Lipinski definition) is 2. The molecular weight excluding hydrogens is 178 g/mol. The van der Waals surface area contributed by atoms with E-state index < -0.39 is 0 Å². The number of likely N-dealkylation sites (tertiary alicyclic amines) is 1. The van der Waals surface area contributed by atoms with Crippen molar-refractivity contribution in [2.45, 2.75) is 38.8 Å². The van der Waals surface area contributed by atoms with Gasteiger partial charge in [-0.05, 0) is 19.8 Å². The van der Waals surface area contributed by atoms with E-state index in [4.69, 9.17) is 5.73 Å². The van der Waals surface area contributed by atoms with E-state index in [0.717, 1.165) is 25.9 Å². The molecule has 0 unspecified atom stereocenters. The Balaban J connectivity index is 2.20. The Hall–Kier alpha value is -0.610. The lowest BCUT2D eigenvalue weighted by Crippen LogP contribution is -2.40. The standard InChI is InChI=1S/C10H21N3O/c1-3-8(2)12-10(14)7-13-5-4-9(11)6-13/h8-9H,3-7,11H2,1-2H3,(H,12,14)/t8-,9+/m0/s1. The molecule has 4 heteroatoms. The van der Waals surface area contributed by atoms with Crippen molar-refractivity contribution in [2.24, 2.45) is 5.73 Å². The van der Waals surface area contributed by atoms with Crippen LogP contribution in [-0.2, 0) is 4.79 Å². The summed E-state index contributed by atoms with van der Waals surface area (Å²) in [6, 6.07) is 0.533. The molecule has 1 heterocycles. The molecule has 0 aromatic rings. The summed E-state index contributed by atoms with van der Waals surface area (Å²) >= 11 is 0. The molecule has 1 fully saturated rings. The van der Waals surface area contributed by atoms with Crippen LogP contribution in [0.3, 0.4) is 0 Å². The number of nitrogens with two attached hydrogens (primary N) is 1. The molecule has 0 bridgehead atoms. The summed E-state index contributed by atoms with van der Waals surface area (Å²) in [6.45, 7) is 6.39. The molecule has 1 aliphatic rings. The molecule has 0 spiro atoms. The van der Waals surface area contributed by atoms with Crippen molar-refractivity contribution in [2.75, 3.05) is 19.6 Å². The van der Waals surface area contributed by atoms with Gasteiger partial charge in [-0.15, -0.1) is 0 Å². The topological polar surface area (TPSA) is 58.4 Å². The smallest absolute Gasteiger partial charge is 0.234 e. The maximum absolute atomic E-state index is 11.5. The molecule has 0 aliphatic carbocycles. The van der Waals surface area contributed by atoms with E-state index in [0.29, 0.717) is 6.54 Å². The molecule has 82 valence electrons. The van der Waals surface area contributed by atoms with Crippen LogP contribution in [0.4, 0.5) is 0 Å². The third-order valence-corrected chi connectivity index (χ3v) is 2.70. The second-order valence-corrected chi connectivity index (χ2v) is 4.16. The Morgan fingerprint density at radius 3 is 2.93 bits per heavy atom. The van der Waals surface area contributed by atoms with Crippen molar-refractivity contribution < 1.29 is 4.79 Å². The summed E-state index contributed by atoms with van der Waals surface area (Å²) in [7, 11) is 0. The van der Waals surface area contributed by atoms with Gasteiger partial charge in [-0.1, -0.05) is 6.92 Å². The van der Waals surface area contributed by atoms with E-state index in [1.54, 1.807) is 0 Å². The third-order valence-electron chi connectivity index (χ3n) is 2.70. The Morgan fingerprint density at radius 1 is 1.71 bits per heavy atom. The first-order chi connectivity index (χ1) is 6.61. The molecular formula is C10H21N3O. The lowest BCUT2D eigenvalue weighted by Gasteiger charge is -2.17. The summed E-state index contributed by atoms with van der Waals surface area (Å²) in [5, 5.41) is 2.95. The summed E-state index contributed by atoms with van der Waals surface area (Å²) in [4.78, 5) is 13.6. The molecule has 1 amide bonds. The number of amides is 1. The predicted molar refractivity (Wildman–Crippen MR) is 56.9 cm³/mol. The van der Waals surface area contributed by atoms with E-state index in [9.17, 15) is 4.79 Å². The average Bonchev–Trinajstić information content (AvgIpc) is 2.50. The van der Waals surface area contributed by atoms with Crippen LogP contribution in [0.2, 0.25) is 0 Å². The zero-order valence-electron chi connectivity index (χ0n) is 9.12. The number of carbonyl (C=O) groups excluding carboxylic acids is 1. The van der Waals surface area contributed by atoms with Gasteiger partial charge in [0.15, 0.2) is 0 Å². The molecule has 1 rings (SSSR count). The number of nitrogens with one attached hydrogen (secondary N) is 1. The van der Waals surface area contributed by atoms with Crippen molar-refractivity contribution in [1.29, 1.82) is 0 Å². The van der Waals surface area contributed by atoms with Gasteiger partial charge in [0.2, 0.25) is 5.91 Å². The largest absolute Gasteiger partial charge is 0.353 e. The second kappa shape index (κ2) is 5.32. The number of hydrogen-bond acceptors (Lipinski definition) is 3. The van der Waals surface area contributed by atoms with E-state index in [1.165, 1.54) is 0 Å². The highest BCUT2D eigenvalue weighted by Gasteiger charge is 2.21. The van der Waals surface area contributed by atoms with E-state index in [1.807, 2.05) is 6.92 Å². The quantitative estimate of drug-likeness (QED) is 0.666. The highest BCUT2D eigenvalue weighted by molar-refractivity contribution is 5.78. The molecule has 1 saturated heterocycles. The number of rotatable bonds is 4. The first-order valence-electron chi connectivity index (χ1n) is 5.39. The minimum Gasteiger partial charge on any atom is -0.353 e. The normalized spacial score (nSPS) is 24.9. The minimum absolute atomic E-state index is 0.119. The van der Waals surface area contributed by atoms with Crippen LogP contribution < -0.4 is 11.1 Å². The van der Waals surface area contributed by atoms with Crippen molar-refractivity contribution in [3.8, 4) is 0 Å². The Bertz CT molecular complexity index is 196. The van der Waals surface area contributed by atoms with Gasteiger partial charge in [0.1, 0.15) is 0 Å². The molecule has 1 aliphatic heterocycles. The molecule has 0 aromatic carbocycles. The summed E-state index contributed by atoms with van der Waals surface area (Å²) in [6.07, 6.45) is 1.99. The SMILES string of the molecule is CC[C@H](C)NC(=O)CN1CC[C@@H](N)C1. The Labute approximate surface area is 85.8 Å². The maximum atomic E-state index is 11.5. The van der Waals surface area contributed by atoms with Crippen molar-refractivity contribution >= 4 is 5.91 Å². The molecule has 4 nitrogen and oxygen atoms in total. The lowest BCUT2D eigenvalue weighted by atomic mass is 10.2. The first-order valence-corrected chi connectivity index (χ1v) is 5.39. The molecule has 0 radical (unpaired) electrons. The average molecular weight is 199 g/mol. The van der Waals surface area contributed by atoms with Gasteiger partial charge in [0.25, 0.3) is 0 Å². The zero-order valence-corrected chi connectivity index (χ0v) is 9.12. The molecule has 2 atom stereocenters. The zero-order chi connectivity index (χ0) is 10.6. The molecule has 14 heavy (non-hydrogen) atoms. The van der Waals surface area contributed by atoms with Gasteiger partial charge < -0.3 is 11.1 Å². The third kappa shape index (κ3) is 3.64. The van der Waals surface area contributed by atoms with Gasteiger partial charge in [-0.2, -0.15) is 0 Å². The van der Waals surface area contributed by atoms with Gasteiger partial charge >= 0.3 is 0 Å². The molecule has 0 aromatic heterocycles. The van der Waals surface area contributed by atoms with Crippen molar-refractivity contribution in [3.05, 3.63) is 0 Å². The van der Waals surface area contributed by atoms with Gasteiger partial charge in [0.05, 0.1) is 6.54 Å². The van der Waals surface area contributed by atoms with Crippen molar-refractivity contribution in [3.63, 3.8) is 0 Å². The highest BCUT2D eigenvalue weighted by atomic mass is 16.2. The first kappa shape index (κ1) is 11.5. The van der Waals surface area contributed by atoms with Crippen LogP contribution in [0.1, 0.15) is 26.7 Å². The van der Waals surface area contributed by atoms with Crippen LogP contribution in [0.25, 0.3) is 0 Å². The Morgan fingerprint density at radius 2 is 2.43 bits per heavy atom. The van der Waals surface area contributed by atoms with E-state index >= 15 is 0 Å². The summed E-state index contributed by atoms with van der Waals surface area (Å²) < 4.78 is 0. The fraction of sp³-hybridized carbons (Fsp3) is 0.900. The predicted octanol–water partition coefficient (Wildman–Crippen LogP) is -0.0659. The van der Waals surface area contributed by atoms with Crippen LogP contribution in [0.15, 0.2) is 0 Å². The summed E-state index contributed by atoms with van der Waals surface area (Å²) in [5.41, 5.74) is 5.75. The second-order valence-electron chi connectivity index (χ2n) is 4.16. The lowest BCUT2D eigenvalue weighted by molar-refractivity contribution is -0.122. The number of carbonyl (C=O) groups is 1. The fourth-order valence-electron chi connectivity index (χ4n) is 1.63. The number of nitrogens with zero attached hydrogens (tertiary/aromatic N) is 1. The highest BCUT2D eigenvalue weighted by Crippen LogP contribution is 2.05. The van der Waals surface area contributed by atoms with E-state index in [-0.39, 0.29) is 18.0 Å². The fourth-order valence-corrected chi connectivity index (χ4v) is 1.63. The minimum atomic E-state index is 0.119. The van der Waals surface area contributed by atoms with Crippen molar-refractivity contribution in [1.82, 2.24) is 10.2 Å². The molecule has 0 saturated carbocycles.